The smallest absolute Gasteiger partial charge is 0.251 e. The minimum Gasteiger partial charge on any atom is -0.397 e. The van der Waals surface area contributed by atoms with Gasteiger partial charge in [0.05, 0.1) is 11.4 Å². The molecule has 0 bridgehead atoms. The van der Waals surface area contributed by atoms with Crippen molar-refractivity contribution in [3.05, 3.63) is 23.8 Å². The predicted octanol–water partition coefficient (Wildman–Crippen LogP) is 1.94. The largest absolute Gasteiger partial charge is 0.397 e. The molecular formula is C13H19N3OS. The fourth-order valence-corrected chi connectivity index (χ4v) is 3.23. The lowest BCUT2D eigenvalue weighted by Gasteiger charge is -2.14. The van der Waals surface area contributed by atoms with Crippen molar-refractivity contribution in [3.63, 3.8) is 0 Å². The Labute approximate surface area is 112 Å². The van der Waals surface area contributed by atoms with Crippen molar-refractivity contribution in [1.29, 1.82) is 0 Å². The molecule has 1 saturated heterocycles. The molecule has 98 valence electrons. The molecule has 5 heteroatoms. The van der Waals surface area contributed by atoms with E-state index in [-0.39, 0.29) is 5.91 Å². The number of hydrogen-bond donors (Lipinski definition) is 3. The van der Waals surface area contributed by atoms with Crippen LogP contribution in [0.5, 0.6) is 0 Å². The molecule has 1 aromatic rings. The number of hydrogen-bond acceptors (Lipinski definition) is 4. The second-order valence-electron chi connectivity index (χ2n) is 4.40. The van der Waals surface area contributed by atoms with Crippen molar-refractivity contribution in [1.82, 2.24) is 5.32 Å². The number of thioether (sulfide) groups is 1. The number of nitrogens with two attached hydrogens (primary N) is 1. The molecule has 0 saturated carbocycles. The van der Waals surface area contributed by atoms with Gasteiger partial charge < -0.3 is 16.4 Å². The first kappa shape index (κ1) is 13.1. The van der Waals surface area contributed by atoms with Gasteiger partial charge in [0.15, 0.2) is 0 Å². The van der Waals surface area contributed by atoms with Gasteiger partial charge in [-0.05, 0) is 36.8 Å². The lowest BCUT2D eigenvalue weighted by atomic mass is 10.1. The summed E-state index contributed by atoms with van der Waals surface area (Å²) in [6, 6.07) is 5.33. The molecule has 1 aromatic carbocycles. The summed E-state index contributed by atoms with van der Waals surface area (Å²) in [6.45, 7) is 0.909. The zero-order chi connectivity index (χ0) is 13.0. The van der Waals surface area contributed by atoms with E-state index in [1.165, 1.54) is 18.6 Å². The van der Waals surface area contributed by atoms with E-state index < -0.39 is 0 Å². The highest BCUT2D eigenvalue weighted by Crippen LogP contribution is 2.27. The van der Waals surface area contributed by atoms with Gasteiger partial charge in [0.2, 0.25) is 0 Å². The average molecular weight is 265 g/mol. The quantitative estimate of drug-likeness (QED) is 0.728. The molecule has 18 heavy (non-hydrogen) atoms. The van der Waals surface area contributed by atoms with Crippen molar-refractivity contribution in [2.75, 3.05) is 30.4 Å². The fourth-order valence-electron chi connectivity index (χ4n) is 2.02. The van der Waals surface area contributed by atoms with E-state index in [1.807, 2.05) is 17.8 Å². The molecule has 0 radical (unpaired) electrons. The third kappa shape index (κ3) is 3.10. The van der Waals surface area contributed by atoms with E-state index in [0.29, 0.717) is 16.5 Å². The Balaban J connectivity index is 2.03. The fraction of sp³-hybridized carbons (Fsp3) is 0.462. The van der Waals surface area contributed by atoms with Crippen molar-refractivity contribution in [3.8, 4) is 0 Å². The Hall–Kier alpha value is -1.36. The number of benzene rings is 1. The van der Waals surface area contributed by atoms with Gasteiger partial charge in [0, 0.05) is 24.4 Å². The molecule has 1 unspecified atom stereocenters. The Morgan fingerprint density at radius 2 is 2.39 bits per heavy atom. The van der Waals surface area contributed by atoms with Crippen LogP contribution < -0.4 is 16.4 Å². The molecule has 1 fully saturated rings. The highest BCUT2D eigenvalue weighted by molar-refractivity contribution is 8.00. The van der Waals surface area contributed by atoms with Gasteiger partial charge in [-0.15, -0.1) is 0 Å². The molecule has 1 heterocycles. The maximum atomic E-state index is 11.6. The minimum atomic E-state index is -0.0895. The van der Waals surface area contributed by atoms with E-state index >= 15 is 0 Å². The van der Waals surface area contributed by atoms with Crippen molar-refractivity contribution >= 4 is 29.0 Å². The summed E-state index contributed by atoms with van der Waals surface area (Å²) in [6.07, 6.45) is 2.55. The predicted molar refractivity (Wildman–Crippen MR) is 78.2 cm³/mol. The van der Waals surface area contributed by atoms with Crippen LogP contribution in [0, 0.1) is 0 Å². The van der Waals surface area contributed by atoms with Crippen LogP contribution in [0.1, 0.15) is 23.2 Å². The molecule has 1 amide bonds. The molecule has 1 aliphatic rings. The molecule has 1 aliphatic heterocycles. The van der Waals surface area contributed by atoms with Gasteiger partial charge in [-0.2, -0.15) is 11.8 Å². The van der Waals surface area contributed by atoms with Gasteiger partial charge >= 0.3 is 0 Å². The highest BCUT2D eigenvalue weighted by Gasteiger charge is 2.15. The maximum Gasteiger partial charge on any atom is 0.251 e. The first-order chi connectivity index (χ1) is 8.70. The van der Waals surface area contributed by atoms with Crippen LogP contribution in [0.25, 0.3) is 0 Å². The second kappa shape index (κ2) is 6.00. The van der Waals surface area contributed by atoms with Crippen molar-refractivity contribution in [2.45, 2.75) is 18.1 Å². The molecule has 0 aliphatic carbocycles. The van der Waals surface area contributed by atoms with E-state index in [9.17, 15) is 4.79 Å². The Morgan fingerprint density at radius 1 is 1.56 bits per heavy atom. The number of anilines is 2. The number of carbonyl (C=O) groups excluding carboxylic acids is 1. The summed E-state index contributed by atoms with van der Waals surface area (Å²) in [4.78, 5) is 11.6. The van der Waals surface area contributed by atoms with Crippen LogP contribution in [0.15, 0.2) is 18.2 Å². The number of rotatable bonds is 4. The normalized spacial score (nSPS) is 18.6. The Morgan fingerprint density at radius 3 is 3.06 bits per heavy atom. The third-order valence-electron chi connectivity index (χ3n) is 3.09. The van der Waals surface area contributed by atoms with Crippen LogP contribution in [0.3, 0.4) is 0 Å². The molecule has 4 nitrogen and oxygen atoms in total. The topological polar surface area (TPSA) is 67.2 Å². The monoisotopic (exact) mass is 265 g/mol. The molecule has 1 atom stereocenters. The zero-order valence-electron chi connectivity index (χ0n) is 10.5. The standard InChI is InChI=1S/C13H19N3OS/c1-15-13(17)9-4-5-11(14)12(7-9)16-8-10-3-2-6-18-10/h4-5,7,10,16H,2-3,6,8,14H2,1H3,(H,15,17). The first-order valence-electron chi connectivity index (χ1n) is 6.18. The lowest BCUT2D eigenvalue weighted by Crippen LogP contribution is -2.19. The summed E-state index contributed by atoms with van der Waals surface area (Å²) in [7, 11) is 1.63. The minimum absolute atomic E-state index is 0.0895. The molecule has 0 spiro atoms. The van der Waals surface area contributed by atoms with Crippen molar-refractivity contribution in [2.24, 2.45) is 0 Å². The SMILES string of the molecule is CNC(=O)c1ccc(N)c(NCC2CCCS2)c1. The molecule has 0 aromatic heterocycles. The van der Waals surface area contributed by atoms with Crippen LogP contribution in [0.2, 0.25) is 0 Å². The molecular weight excluding hydrogens is 246 g/mol. The van der Waals surface area contributed by atoms with E-state index in [1.54, 1.807) is 19.2 Å². The Kier molecular flexibility index (Phi) is 4.36. The van der Waals surface area contributed by atoms with Crippen LogP contribution in [-0.2, 0) is 0 Å². The van der Waals surface area contributed by atoms with Gasteiger partial charge in [0.25, 0.3) is 5.91 Å². The van der Waals surface area contributed by atoms with Crippen LogP contribution >= 0.6 is 11.8 Å². The number of amides is 1. The van der Waals surface area contributed by atoms with Crippen LogP contribution in [0.4, 0.5) is 11.4 Å². The third-order valence-corrected chi connectivity index (χ3v) is 4.48. The zero-order valence-corrected chi connectivity index (χ0v) is 11.3. The summed E-state index contributed by atoms with van der Waals surface area (Å²) < 4.78 is 0. The number of nitrogen functional groups attached to an aromatic ring is 1. The first-order valence-corrected chi connectivity index (χ1v) is 7.22. The van der Waals surface area contributed by atoms with Gasteiger partial charge in [-0.3, -0.25) is 4.79 Å². The van der Waals surface area contributed by atoms with Gasteiger partial charge in [-0.1, -0.05) is 0 Å². The summed E-state index contributed by atoms with van der Waals surface area (Å²) in [5.74, 6) is 1.16. The second-order valence-corrected chi connectivity index (χ2v) is 5.81. The van der Waals surface area contributed by atoms with Gasteiger partial charge in [-0.25, -0.2) is 0 Å². The maximum absolute atomic E-state index is 11.6. The Bertz CT molecular complexity index is 430. The van der Waals surface area contributed by atoms with E-state index in [2.05, 4.69) is 10.6 Å². The lowest BCUT2D eigenvalue weighted by molar-refractivity contribution is 0.0963. The number of carbonyl (C=O) groups is 1. The van der Waals surface area contributed by atoms with Crippen LogP contribution in [-0.4, -0.2) is 30.5 Å². The van der Waals surface area contributed by atoms with E-state index in [4.69, 9.17) is 5.73 Å². The summed E-state index contributed by atoms with van der Waals surface area (Å²) in [5, 5.41) is 6.62. The highest BCUT2D eigenvalue weighted by atomic mass is 32.2. The van der Waals surface area contributed by atoms with E-state index in [0.717, 1.165) is 12.2 Å². The molecule has 4 N–H and O–H groups in total. The number of nitrogens with one attached hydrogen (secondary N) is 2. The molecule has 2 rings (SSSR count). The summed E-state index contributed by atoms with van der Waals surface area (Å²) in [5.41, 5.74) is 8.08. The van der Waals surface area contributed by atoms with Crippen molar-refractivity contribution < 1.29 is 4.79 Å². The average Bonchev–Trinajstić information content (AvgIpc) is 2.90. The van der Waals surface area contributed by atoms with Gasteiger partial charge in [0.1, 0.15) is 0 Å². The summed E-state index contributed by atoms with van der Waals surface area (Å²) >= 11 is 2.00.